The molecule has 10 heteroatoms. The number of alkyl carbamates (subject to hydrolysis) is 1. The molecule has 3 N–H and O–H groups in total. The fourth-order valence-electron chi connectivity index (χ4n) is 3.40. The molecule has 36 heavy (non-hydrogen) atoms. The number of nitrogens with zero attached hydrogens (tertiary/aromatic N) is 1. The molecule has 1 heterocycles. The number of alkyl halides is 3. The molecule has 2 aromatic carbocycles. The van der Waals surface area contributed by atoms with Gasteiger partial charge in [0.05, 0.1) is 17.8 Å². The topological polar surface area (TPSA) is 101 Å². The maximum Gasteiger partial charge on any atom is 0.407 e. The third kappa shape index (κ3) is 7.29. The molecule has 0 saturated heterocycles. The fourth-order valence-corrected chi connectivity index (χ4v) is 3.40. The quantitative estimate of drug-likeness (QED) is 0.380. The van der Waals surface area contributed by atoms with Crippen LogP contribution in [0.25, 0.3) is 11.1 Å². The second-order valence-electron chi connectivity index (χ2n) is 8.04. The van der Waals surface area contributed by atoms with Crippen molar-refractivity contribution in [3.63, 3.8) is 0 Å². The summed E-state index contributed by atoms with van der Waals surface area (Å²) in [6, 6.07) is 17.3. The number of aromatic nitrogens is 1. The molecule has 0 fully saturated rings. The smallest absolute Gasteiger partial charge is 0.407 e. The molecular formula is C26H26F3N3O4. The molecule has 3 aromatic rings. The minimum absolute atomic E-state index is 0.154. The number of rotatable bonds is 10. The molecule has 0 aliphatic rings. The van der Waals surface area contributed by atoms with Crippen molar-refractivity contribution in [1.29, 1.82) is 0 Å². The van der Waals surface area contributed by atoms with Crippen molar-refractivity contribution in [2.75, 3.05) is 6.67 Å². The number of aliphatic hydroxyl groups is 1. The molecule has 7 nitrogen and oxygen atoms in total. The van der Waals surface area contributed by atoms with E-state index in [4.69, 9.17) is 4.74 Å². The van der Waals surface area contributed by atoms with Crippen LogP contribution < -0.4 is 10.6 Å². The Balaban J connectivity index is 1.57. The van der Waals surface area contributed by atoms with E-state index in [1.807, 2.05) is 30.3 Å². The zero-order valence-electron chi connectivity index (χ0n) is 19.4. The average molecular weight is 502 g/mol. The highest BCUT2D eigenvalue weighted by atomic mass is 19.3. The van der Waals surface area contributed by atoms with Crippen molar-refractivity contribution in [3.8, 4) is 11.1 Å². The normalized spacial score (nSPS) is 13.5. The zero-order chi connectivity index (χ0) is 26.1. The van der Waals surface area contributed by atoms with Gasteiger partial charge in [-0.15, -0.1) is 0 Å². The summed E-state index contributed by atoms with van der Waals surface area (Å²) in [6.07, 6.45) is -3.76. The van der Waals surface area contributed by atoms with E-state index in [1.54, 1.807) is 42.7 Å². The standard InChI is InChI=1S/C26H26F3N3O4/c1-16(31-26(35)36-15-17-5-3-2-4-6-17)21-12-11-20(14-30-21)18-7-9-19(10-8-18)23(33)22(13-27)32-25(34)24(28)29/h2-12,14,16,22-24,33H,13,15H2,1H3,(H,31,35)(H,32,34). The van der Waals surface area contributed by atoms with Gasteiger partial charge in [-0.05, 0) is 29.7 Å². The van der Waals surface area contributed by atoms with Crippen LogP contribution >= 0.6 is 0 Å². The van der Waals surface area contributed by atoms with Gasteiger partial charge in [0, 0.05) is 11.8 Å². The van der Waals surface area contributed by atoms with E-state index in [-0.39, 0.29) is 12.2 Å². The van der Waals surface area contributed by atoms with Crippen LogP contribution in [0.5, 0.6) is 0 Å². The van der Waals surface area contributed by atoms with Crippen LogP contribution in [-0.2, 0) is 16.1 Å². The molecule has 190 valence electrons. The van der Waals surface area contributed by atoms with E-state index in [1.165, 1.54) is 12.1 Å². The van der Waals surface area contributed by atoms with Gasteiger partial charge in [-0.25, -0.2) is 9.18 Å². The zero-order valence-corrected chi connectivity index (χ0v) is 19.4. The van der Waals surface area contributed by atoms with Crippen molar-refractivity contribution in [3.05, 3.63) is 89.7 Å². The maximum absolute atomic E-state index is 13.2. The Morgan fingerprint density at radius 1 is 0.972 bits per heavy atom. The van der Waals surface area contributed by atoms with Crippen molar-refractivity contribution in [1.82, 2.24) is 15.6 Å². The van der Waals surface area contributed by atoms with Crippen LogP contribution in [0.2, 0.25) is 0 Å². The Labute approximate surface area is 206 Å². The third-order valence-electron chi connectivity index (χ3n) is 5.44. The minimum Gasteiger partial charge on any atom is -0.445 e. The number of ether oxygens (including phenoxy) is 1. The Kier molecular flexibility index (Phi) is 9.40. The first-order valence-corrected chi connectivity index (χ1v) is 11.1. The lowest BCUT2D eigenvalue weighted by Crippen LogP contribution is -2.43. The second-order valence-corrected chi connectivity index (χ2v) is 8.04. The number of carbonyl (C=O) groups excluding carboxylic acids is 2. The molecule has 3 atom stereocenters. The minimum atomic E-state index is -3.30. The number of halogens is 3. The number of hydrogen-bond donors (Lipinski definition) is 3. The summed E-state index contributed by atoms with van der Waals surface area (Å²) >= 11 is 0. The summed E-state index contributed by atoms with van der Waals surface area (Å²) < 4.78 is 43.3. The van der Waals surface area contributed by atoms with Crippen LogP contribution in [0.1, 0.15) is 35.9 Å². The lowest BCUT2D eigenvalue weighted by Gasteiger charge is -2.22. The van der Waals surface area contributed by atoms with Crippen LogP contribution in [0.3, 0.4) is 0 Å². The van der Waals surface area contributed by atoms with Gasteiger partial charge in [0.15, 0.2) is 0 Å². The molecule has 3 rings (SSSR count). The first kappa shape index (κ1) is 26.7. The lowest BCUT2D eigenvalue weighted by atomic mass is 9.99. The Morgan fingerprint density at radius 3 is 2.22 bits per heavy atom. The van der Waals surface area contributed by atoms with Gasteiger partial charge in [0.25, 0.3) is 5.91 Å². The SMILES string of the molecule is CC(NC(=O)OCc1ccccc1)c1ccc(-c2ccc(C(O)C(CF)NC(=O)C(F)F)cc2)cn1. The van der Waals surface area contributed by atoms with Gasteiger partial charge in [0.1, 0.15) is 19.4 Å². The Hall–Kier alpha value is -3.92. The first-order valence-electron chi connectivity index (χ1n) is 11.1. The number of hydrogen-bond acceptors (Lipinski definition) is 5. The maximum atomic E-state index is 13.2. The van der Waals surface area contributed by atoms with Gasteiger partial charge in [-0.1, -0.05) is 60.7 Å². The average Bonchev–Trinajstić information content (AvgIpc) is 2.90. The summed E-state index contributed by atoms with van der Waals surface area (Å²) in [5.41, 5.74) is 3.22. The highest BCUT2D eigenvalue weighted by Crippen LogP contribution is 2.24. The van der Waals surface area contributed by atoms with Crippen molar-refractivity contribution < 1.29 is 32.6 Å². The lowest BCUT2D eigenvalue weighted by molar-refractivity contribution is -0.133. The molecule has 0 aliphatic carbocycles. The summed E-state index contributed by atoms with van der Waals surface area (Å²) in [7, 11) is 0. The molecule has 1 aromatic heterocycles. The van der Waals surface area contributed by atoms with E-state index >= 15 is 0 Å². The van der Waals surface area contributed by atoms with Crippen LogP contribution in [0, 0.1) is 0 Å². The molecule has 0 saturated carbocycles. The van der Waals surface area contributed by atoms with Gasteiger partial charge in [0.2, 0.25) is 0 Å². The Morgan fingerprint density at radius 2 is 1.64 bits per heavy atom. The second kappa shape index (κ2) is 12.7. The largest absolute Gasteiger partial charge is 0.445 e. The van der Waals surface area contributed by atoms with Gasteiger partial charge in [-0.2, -0.15) is 8.78 Å². The number of aliphatic hydroxyl groups excluding tert-OH is 1. The molecule has 0 spiro atoms. The molecule has 0 bridgehead atoms. The van der Waals surface area contributed by atoms with Crippen molar-refractivity contribution in [2.45, 2.75) is 38.1 Å². The summed E-state index contributed by atoms with van der Waals surface area (Å²) in [5, 5.41) is 14.8. The van der Waals surface area contributed by atoms with Crippen LogP contribution in [-0.4, -0.2) is 41.2 Å². The molecule has 3 unspecified atom stereocenters. The van der Waals surface area contributed by atoms with E-state index in [2.05, 4.69) is 10.3 Å². The first-order chi connectivity index (χ1) is 17.3. The van der Waals surface area contributed by atoms with Crippen LogP contribution in [0.4, 0.5) is 18.0 Å². The number of nitrogens with one attached hydrogen (secondary N) is 2. The number of amides is 2. The summed E-state index contributed by atoms with van der Waals surface area (Å²) in [5.74, 6) is -1.65. The third-order valence-corrected chi connectivity index (χ3v) is 5.44. The molecule has 2 amide bonds. The highest BCUT2D eigenvalue weighted by Gasteiger charge is 2.26. The molecule has 0 radical (unpaired) electrons. The van der Waals surface area contributed by atoms with E-state index < -0.39 is 43.3 Å². The van der Waals surface area contributed by atoms with Crippen LogP contribution in [0.15, 0.2) is 72.9 Å². The van der Waals surface area contributed by atoms with E-state index in [0.717, 1.165) is 16.7 Å². The summed E-state index contributed by atoms with van der Waals surface area (Å²) in [6.45, 7) is 0.718. The molecule has 0 aliphatic heterocycles. The van der Waals surface area contributed by atoms with Gasteiger partial charge >= 0.3 is 12.5 Å². The van der Waals surface area contributed by atoms with E-state index in [9.17, 15) is 27.9 Å². The fraction of sp³-hybridized carbons (Fsp3) is 0.269. The number of benzene rings is 2. The number of pyridine rings is 1. The van der Waals surface area contributed by atoms with Gasteiger partial charge < -0.3 is 20.5 Å². The predicted molar refractivity (Wildman–Crippen MR) is 127 cm³/mol. The van der Waals surface area contributed by atoms with Crippen molar-refractivity contribution >= 4 is 12.0 Å². The van der Waals surface area contributed by atoms with Gasteiger partial charge in [-0.3, -0.25) is 9.78 Å². The predicted octanol–water partition coefficient (Wildman–Crippen LogP) is 4.49. The highest BCUT2D eigenvalue weighted by molar-refractivity contribution is 5.79. The summed E-state index contributed by atoms with van der Waals surface area (Å²) in [4.78, 5) is 27.6. The Bertz CT molecular complexity index is 1130. The van der Waals surface area contributed by atoms with E-state index in [0.29, 0.717) is 5.69 Å². The monoisotopic (exact) mass is 501 g/mol. The van der Waals surface area contributed by atoms with Crippen molar-refractivity contribution in [2.24, 2.45) is 0 Å². The molecular weight excluding hydrogens is 475 g/mol. The number of carbonyl (C=O) groups is 2.